The number of hydrogen-bond donors (Lipinski definition) is 0. The van der Waals surface area contributed by atoms with Crippen LogP contribution in [0, 0.1) is 11.3 Å². The zero-order chi connectivity index (χ0) is 29.1. The monoisotopic (exact) mass is 556 g/mol. The van der Waals surface area contributed by atoms with Crippen LogP contribution in [0.1, 0.15) is 24.2 Å². The Hall–Kier alpha value is -4.49. The van der Waals surface area contributed by atoms with Crippen molar-refractivity contribution in [3.8, 4) is 17.2 Å². The molecule has 3 aromatic rings. The first-order chi connectivity index (χ1) is 19.8. The summed E-state index contributed by atoms with van der Waals surface area (Å²) in [5.41, 5.74) is 4.50. The van der Waals surface area contributed by atoms with Crippen molar-refractivity contribution in [3.05, 3.63) is 66.4 Å². The van der Waals surface area contributed by atoms with Gasteiger partial charge in [0.05, 0.1) is 30.2 Å². The molecule has 2 aliphatic heterocycles. The smallest absolute Gasteiger partial charge is 0.271 e. The number of rotatable bonds is 8. The number of nitrogens with zero attached hydrogens (tertiary/aromatic N) is 6. The number of likely N-dealkylation sites (tertiary alicyclic amines) is 1. The second-order valence-electron chi connectivity index (χ2n) is 10.5. The van der Waals surface area contributed by atoms with Crippen LogP contribution < -0.4 is 4.90 Å². The van der Waals surface area contributed by atoms with Gasteiger partial charge in [-0.1, -0.05) is 12.6 Å². The maximum absolute atomic E-state index is 13.8. The standard InChI is InChI=1S/C31H33FN6O3/c1-20(31(39)38-12-9-25(18-38)36(2)3)35-16-23(19-40-4)29-14-27-30(41-29)26(7-10-34-27)21-5-6-28(22(13-21)15-33)37-11-8-24(32)17-37/h5-7,10,13-14,16,19,24-25H,1,8-9,11-12,17-18H2,2-4H3/b23-19-,35-16?/t24?,25-/m1/s1. The number of hydrogen-bond acceptors (Lipinski definition) is 8. The highest BCUT2D eigenvalue weighted by Gasteiger charge is 2.28. The van der Waals surface area contributed by atoms with E-state index in [9.17, 15) is 14.4 Å². The van der Waals surface area contributed by atoms with Crippen molar-refractivity contribution in [1.29, 1.82) is 5.26 Å². The molecule has 0 aliphatic carbocycles. The molecule has 0 saturated carbocycles. The van der Waals surface area contributed by atoms with Crippen LogP contribution in [-0.2, 0) is 9.53 Å². The molecule has 4 heterocycles. The number of furan rings is 1. The summed E-state index contributed by atoms with van der Waals surface area (Å²) < 4.78 is 25.3. The summed E-state index contributed by atoms with van der Waals surface area (Å²) in [6.45, 7) is 6.06. The summed E-state index contributed by atoms with van der Waals surface area (Å²) in [5.74, 6) is 0.242. The zero-order valence-electron chi connectivity index (χ0n) is 23.5. The largest absolute Gasteiger partial charge is 0.504 e. The van der Waals surface area contributed by atoms with Gasteiger partial charge in [-0.25, -0.2) is 4.39 Å². The molecule has 0 bridgehead atoms. The fourth-order valence-electron chi connectivity index (χ4n) is 5.33. The number of carbonyl (C=O) groups is 1. The van der Waals surface area contributed by atoms with Crippen LogP contribution >= 0.6 is 0 Å². The van der Waals surface area contributed by atoms with Crippen molar-refractivity contribution >= 4 is 34.5 Å². The summed E-state index contributed by atoms with van der Waals surface area (Å²) in [5, 5.41) is 9.84. The molecule has 2 aliphatic rings. The molecule has 1 aromatic carbocycles. The third-order valence-corrected chi connectivity index (χ3v) is 7.63. The number of amides is 1. The van der Waals surface area contributed by atoms with E-state index in [4.69, 9.17) is 9.15 Å². The van der Waals surface area contributed by atoms with E-state index >= 15 is 0 Å². The van der Waals surface area contributed by atoms with Crippen LogP contribution in [0.15, 0.2) is 64.5 Å². The molecule has 10 heteroatoms. The second-order valence-corrected chi connectivity index (χ2v) is 10.5. The van der Waals surface area contributed by atoms with Crippen LogP contribution in [0.25, 0.3) is 27.8 Å². The lowest BCUT2D eigenvalue weighted by Crippen LogP contribution is -2.34. The number of allylic oxidation sites excluding steroid dienone is 1. The van der Waals surface area contributed by atoms with Gasteiger partial charge in [0.25, 0.3) is 5.91 Å². The van der Waals surface area contributed by atoms with E-state index in [1.807, 2.05) is 37.2 Å². The molecule has 2 fully saturated rings. The molecule has 1 amide bonds. The first-order valence-corrected chi connectivity index (χ1v) is 13.5. The van der Waals surface area contributed by atoms with E-state index in [0.29, 0.717) is 60.1 Å². The fourth-order valence-corrected chi connectivity index (χ4v) is 5.33. The quantitative estimate of drug-likeness (QED) is 0.226. The van der Waals surface area contributed by atoms with Gasteiger partial charge >= 0.3 is 0 Å². The topological polar surface area (TPSA) is 98.2 Å². The van der Waals surface area contributed by atoms with Gasteiger partial charge < -0.3 is 23.9 Å². The number of aromatic nitrogens is 1. The number of likely N-dealkylation sites (N-methyl/N-ethyl adjacent to an activating group) is 1. The molecular weight excluding hydrogens is 523 g/mol. The van der Waals surface area contributed by atoms with Gasteiger partial charge in [0.2, 0.25) is 0 Å². The number of carbonyl (C=O) groups excluding carboxylic acids is 1. The number of nitriles is 1. The van der Waals surface area contributed by atoms with Crippen LogP contribution in [0.2, 0.25) is 0 Å². The van der Waals surface area contributed by atoms with Crippen molar-refractivity contribution in [3.63, 3.8) is 0 Å². The SMILES string of the molecule is C=C(N=C/C(=C/OC)c1cc2nccc(-c3ccc(N4CCC(F)C4)c(C#N)c3)c2o1)C(=O)N1CC[C@@H](N(C)C)C1. The highest BCUT2D eigenvalue weighted by atomic mass is 19.1. The average molecular weight is 557 g/mol. The highest BCUT2D eigenvalue weighted by Crippen LogP contribution is 2.35. The Labute approximate surface area is 238 Å². The Bertz CT molecular complexity index is 1570. The van der Waals surface area contributed by atoms with Gasteiger partial charge in [0.15, 0.2) is 5.58 Å². The van der Waals surface area contributed by atoms with E-state index in [0.717, 1.165) is 23.2 Å². The molecule has 0 radical (unpaired) electrons. The van der Waals surface area contributed by atoms with Crippen molar-refractivity contribution in [2.75, 3.05) is 52.3 Å². The van der Waals surface area contributed by atoms with Gasteiger partial charge in [-0.3, -0.25) is 14.8 Å². The Morgan fingerprint density at radius 1 is 1.27 bits per heavy atom. The third-order valence-electron chi connectivity index (χ3n) is 7.63. The Morgan fingerprint density at radius 2 is 2.10 bits per heavy atom. The number of halogens is 1. The van der Waals surface area contributed by atoms with Gasteiger partial charge in [0, 0.05) is 56.3 Å². The van der Waals surface area contributed by atoms with Crippen LogP contribution in [0.5, 0.6) is 0 Å². The summed E-state index contributed by atoms with van der Waals surface area (Å²) in [4.78, 5) is 27.5. The molecule has 2 saturated heterocycles. The first kappa shape index (κ1) is 28.1. The molecular formula is C31H33FN6O3. The number of methoxy groups -OCH3 is 1. The van der Waals surface area contributed by atoms with Crippen LogP contribution in [-0.4, -0.2) is 86.5 Å². The Kier molecular flexibility index (Phi) is 8.17. The summed E-state index contributed by atoms with van der Waals surface area (Å²) in [7, 11) is 5.53. The number of aliphatic imine (C=N–C) groups is 1. The maximum atomic E-state index is 13.8. The third kappa shape index (κ3) is 5.86. The zero-order valence-corrected chi connectivity index (χ0v) is 23.5. The van der Waals surface area contributed by atoms with E-state index in [2.05, 4.69) is 27.5 Å². The van der Waals surface area contributed by atoms with Gasteiger partial charge in [-0.05, 0) is 50.7 Å². The van der Waals surface area contributed by atoms with Crippen molar-refractivity contribution in [2.24, 2.45) is 4.99 Å². The minimum absolute atomic E-state index is 0.127. The summed E-state index contributed by atoms with van der Waals surface area (Å²) >= 11 is 0. The first-order valence-electron chi connectivity index (χ1n) is 13.5. The second kappa shape index (κ2) is 11.9. The van der Waals surface area contributed by atoms with Gasteiger partial charge in [-0.15, -0.1) is 0 Å². The predicted molar refractivity (Wildman–Crippen MR) is 157 cm³/mol. The average Bonchev–Trinajstić information content (AvgIpc) is 3.74. The fraction of sp³-hybridized carbons (Fsp3) is 0.355. The minimum Gasteiger partial charge on any atom is -0.504 e. The highest BCUT2D eigenvalue weighted by molar-refractivity contribution is 6.11. The molecule has 2 atom stereocenters. The number of alkyl halides is 1. The molecule has 0 spiro atoms. The number of pyridine rings is 1. The lowest BCUT2D eigenvalue weighted by molar-refractivity contribution is -0.126. The molecule has 1 unspecified atom stereocenters. The van der Waals surface area contributed by atoms with E-state index in [1.54, 1.807) is 23.2 Å². The Balaban J connectivity index is 1.40. The number of fused-ring (bicyclic) bond motifs is 1. The number of anilines is 1. The van der Waals surface area contributed by atoms with Gasteiger partial charge in [-0.2, -0.15) is 5.26 Å². The molecule has 212 valence electrons. The maximum Gasteiger partial charge on any atom is 0.271 e. The van der Waals surface area contributed by atoms with Gasteiger partial charge in [0.1, 0.15) is 29.2 Å². The predicted octanol–water partition coefficient (Wildman–Crippen LogP) is 4.65. The lowest BCUT2D eigenvalue weighted by atomic mass is 10.0. The molecule has 0 N–H and O–H groups in total. The number of benzene rings is 1. The molecule has 41 heavy (non-hydrogen) atoms. The van der Waals surface area contributed by atoms with Crippen molar-refractivity contribution in [2.45, 2.75) is 25.1 Å². The normalized spacial score (nSPS) is 19.5. The summed E-state index contributed by atoms with van der Waals surface area (Å²) in [6, 6.07) is 11.7. The van der Waals surface area contributed by atoms with E-state index in [-0.39, 0.29) is 18.1 Å². The van der Waals surface area contributed by atoms with Crippen molar-refractivity contribution in [1.82, 2.24) is 14.8 Å². The molecule has 2 aromatic heterocycles. The number of ether oxygens (including phenoxy) is 1. The van der Waals surface area contributed by atoms with Crippen LogP contribution in [0.4, 0.5) is 10.1 Å². The summed E-state index contributed by atoms with van der Waals surface area (Å²) in [6.07, 6.45) is 5.14. The molecule has 5 rings (SSSR count). The lowest BCUT2D eigenvalue weighted by Gasteiger charge is -2.20. The van der Waals surface area contributed by atoms with E-state index in [1.165, 1.54) is 19.6 Å². The minimum atomic E-state index is -0.883. The van der Waals surface area contributed by atoms with Crippen molar-refractivity contribution < 1.29 is 18.3 Å². The Morgan fingerprint density at radius 3 is 2.78 bits per heavy atom. The molecule has 9 nitrogen and oxygen atoms in total. The van der Waals surface area contributed by atoms with E-state index < -0.39 is 6.17 Å². The van der Waals surface area contributed by atoms with Crippen LogP contribution in [0.3, 0.4) is 0 Å².